The van der Waals surface area contributed by atoms with Crippen molar-refractivity contribution in [3.63, 3.8) is 0 Å². The number of aliphatic hydroxyl groups excluding tert-OH is 1. The van der Waals surface area contributed by atoms with E-state index in [1.54, 1.807) is 6.92 Å². The molecule has 3 aromatic rings. The summed E-state index contributed by atoms with van der Waals surface area (Å²) in [6, 6.07) is 14.4. The summed E-state index contributed by atoms with van der Waals surface area (Å²) in [6.45, 7) is 5.02. The first-order chi connectivity index (χ1) is 13.1. The summed E-state index contributed by atoms with van der Waals surface area (Å²) in [5.74, 6) is -0.159. The maximum atomic E-state index is 12.1. The van der Waals surface area contributed by atoms with Gasteiger partial charge in [0.05, 0.1) is 18.0 Å². The number of hydrogen-bond acceptors (Lipinski definition) is 5. The number of esters is 1. The molecule has 2 aromatic carbocycles. The maximum absolute atomic E-state index is 12.1. The molecule has 0 saturated carbocycles. The van der Waals surface area contributed by atoms with Crippen LogP contribution in [0, 0.1) is 0 Å². The van der Waals surface area contributed by atoms with E-state index in [0.29, 0.717) is 10.8 Å². The van der Waals surface area contributed by atoms with Gasteiger partial charge in [0.15, 0.2) is 0 Å². The number of aliphatic hydroxyl groups is 1. The first kappa shape index (κ1) is 17.7. The lowest BCUT2D eigenvalue weighted by molar-refractivity contribution is -0.138. The molecular formula is C21H20N2O3S. The van der Waals surface area contributed by atoms with Crippen molar-refractivity contribution in [1.29, 1.82) is 0 Å². The first-order valence-corrected chi connectivity index (χ1v) is 9.94. The zero-order chi connectivity index (χ0) is 19.0. The molecule has 0 atom stereocenters. The van der Waals surface area contributed by atoms with Gasteiger partial charge in [0, 0.05) is 28.4 Å². The Morgan fingerprint density at radius 2 is 1.96 bits per heavy atom. The smallest absolute Gasteiger partial charge is 0.344 e. The fourth-order valence-electron chi connectivity index (χ4n) is 3.47. The molecule has 0 amide bonds. The van der Waals surface area contributed by atoms with Gasteiger partial charge in [-0.15, -0.1) is 0 Å². The third kappa shape index (κ3) is 3.00. The number of ether oxygens (including phenoxy) is 1. The predicted octanol–water partition coefficient (Wildman–Crippen LogP) is 4.97. The van der Waals surface area contributed by atoms with Crippen molar-refractivity contribution < 1.29 is 14.6 Å². The van der Waals surface area contributed by atoms with Crippen molar-refractivity contribution in [2.45, 2.75) is 20.4 Å². The molecule has 0 unspecified atom stereocenters. The molecule has 1 aromatic heterocycles. The van der Waals surface area contributed by atoms with E-state index in [9.17, 15) is 9.90 Å². The number of hydrogen-bond donors (Lipinski definition) is 1. The monoisotopic (exact) mass is 380 g/mol. The maximum Gasteiger partial charge on any atom is 0.344 e. The Bertz CT molecular complexity index is 1110. The van der Waals surface area contributed by atoms with Crippen LogP contribution in [0.4, 0.5) is 5.69 Å². The average molecular weight is 380 g/mol. The summed E-state index contributed by atoms with van der Waals surface area (Å²) in [6.07, 6.45) is 0. The van der Waals surface area contributed by atoms with Crippen LogP contribution in [0.1, 0.15) is 13.8 Å². The average Bonchev–Trinajstić information content (AvgIpc) is 3.19. The SMILES string of the molecule is CCOC(=O)C1=C(O)CSC1=Nc1ccc2c(c1)c1ccccc1n2CC. The molecule has 0 radical (unpaired) electrons. The minimum atomic E-state index is -0.526. The summed E-state index contributed by atoms with van der Waals surface area (Å²) in [4.78, 5) is 16.8. The highest BCUT2D eigenvalue weighted by atomic mass is 32.2. The molecule has 1 N–H and O–H groups in total. The van der Waals surface area contributed by atoms with Crippen LogP contribution in [-0.4, -0.2) is 33.0 Å². The van der Waals surface area contributed by atoms with Gasteiger partial charge in [0.2, 0.25) is 0 Å². The summed E-state index contributed by atoms with van der Waals surface area (Å²) in [5.41, 5.74) is 3.28. The number of aryl methyl sites for hydroxylation is 1. The Morgan fingerprint density at radius 1 is 1.19 bits per heavy atom. The quantitative estimate of drug-likeness (QED) is 0.649. The molecule has 0 bridgehead atoms. The Kier molecular flexibility index (Phi) is 4.66. The fourth-order valence-corrected chi connectivity index (χ4v) is 4.40. The van der Waals surface area contributed by atoms with Crippen LogP contribution < -0.4 is 0 Å². The van der Waals surface area contributed by atoms with Gasteiger partial charge < -0.3 is 14.4 Å². The van der Waals surface area contributed by atoms with E-state index in [4.69, 9.17) is 4.74 Å². The largest absolute Gasteiger partial charge is 0.510 e. The minimum absolute atomic E-state index is 0.0286. The minimum Gasteiger partial charge on any atom is -0.510 e. The molecule has 4 rings (SSSR count). The molecule has 1 aliphatic rings. The normalized spacial score (nSPS) is 16.0. The topological polar surface area (TPSA) is 63.8 Å². The van der Waals surface area contributed by atoms with Crippen molar-refractivity contribution in [1.82, 2.24) is 4.57 Å². The highest BCUT2D eigenvalue weighted by Gasteiger charge is 2.29. The van der Waals surface area contributed by atoms with E-state index >= 15 is 0 Å². The molecule has 5 nitrogen and oxygen atoms in total. The molecule has 0 spiro atoms. The zero-order valence-corrected chi connectivity index (χ0v) is 16.0. The number of carbonyl (C=O) groups is 1. The molecule has 0 aliphatic carbocycles. The van der Waals surface area contributed by atoms with Gasteiger partial charge in [0.1, 0.15) is 16.4 Å². The van der Waals surface area contributed by atoms with Crippen LogP contribution in [0.2, 0.25) is 0 Å². The number of fused-ring (bicyclic) bond motifs is 3. The third-order valence-corrected chi connectivity index (χ3v) is 5.62. The number of aliphatic imine (C=N–C) groups is 1. The molecule has 1 aliphatic heterocycles. The van der Waals surface area contributed by atoms with Crippen molar-refractivity contribution >= 4 is 50.3 Å². The Balaban J connectivity index is 1.82. The predicted molar refractivity (Wildman–Crippen MR) is 111 cm³/mol. The van der Waals surface area contributed by atoms with Gasteiger partial charge in [-0.25, -0.2) is 9.79 Å². The lowest BCUT2D eigenvalue weighted by Gasteiger charge is -2.05. The molecule has 0 fully saturated rings. The Labute approximate surface area is 161 Å². The zero-order valence-electron chi connectivity index (χ0n) is 15.2. The van der Waals surface area contributed by atoms with Crippen molar-refractivity contribution in [2.75, 3.05) is 12.4 Å². The number of benzene rings is 2. The molecule has 138 valence electrons. The first-order valence-electron chi connectivity index (χ1n) is 8.96. The van der Waals surface area contributed by atoms with Crippen LogP contribution in [0.5, 0.6) is 0 Å². The number of nitrogens with zero attached hydrogens (tertiary/aromatic N) is 2. The summed E-state index contributed by atoms with van der Waals surface area (Å²) >= 11 is 1.35. The second-order valence-corrected chi connectivity index (χ2v) is 7.17. The summed E-state index contributed by atoms with van der Waals surface area (Å²) in [7, 11) is 0. The standard InChI is InChI=1S/C21H20N2O3S/c1-3-23-16-8-6-5-7-14(16)15-11-13(9-10-17(15)23)22-20-19(18(24)12-27-20)21(25)26-4-2/h5-11,24H,3-4,12H2,1-2H3. The lowest BCUT2D eigenvalue weighted by Crippen LogP contribution is -2.12. The highest BCUT2D eigenvalue weighted by Crippen LogP contribution is 2.34. The van der Waals surface area contributed by atoms with Gasteiger partial charge in [0.25, 0.3) is 0 Å². The van der Waals surface area contributed by atoms with Crippen molar-refractivity contribution in [2.24, 2.45) is 4.99 Å². The van der Waals surface area contributed by atoms with E-state index in [1.165, 1.54) is 22.7 Å². The van der Waals surface area contributed by atoms with Gasteiger partial charge in [-0.3, -0.25) is 0 Å². The van der Waals surface area contributed by atoms with Crippen LogP contribution in [-0.2, 0) is 16.1 Å². The van der Waals surface area contributed by atoms with Gasteiger partial charge in [-0.1, -0.05) is 30.0 Å². The second kappa shape index (κ2) is 7.12. The second-order valence-electron chi connectivity index (χ2n) is 6.21. The van der Waals surface area contributed by atoms with Crippen LogP contribution in [0.15, 0.2) is 58.8 Å². The van der Waals surface area contributed by atoms with Crippen LogP contribution in [0.3, 0.4) is 0 Å². The Morgan fingerprint density at radius 3 is 2.74 bits per heavy atom. The summed E-state index contributed by atoms with van der Waals surface area (Å²) < 4.78 is 7.34. The van der Waals surface area contributed by atoms with Crippen molar-refractivity contribution in [3.05, 3.63) is 53.8 Å². The van der Waals surface area contributed by atoms with E-state index in [-0.39, 0.29) is 17.9 Å². The highest BCUT2D eigenvalue weighted by molar-refractivity contribution is 8.15. The van der Waals surface area contributed by atoms with Gasteiger partial charge >= 0.3 is 5.97 Å². The van der Waals surface area contributed by atoms with E-state index < -0.39 is 5.97 Å². The van der Waals surface area contributed by atoms with Crippen LogP contribution in [0.25, 0.3) is 21.8 Å². The Hall–Kier alpha value is -2.73. The van der Waals surface area contributed by atoms with E-state index in [2.05, 4.69) is 34.7 Å². The van der Waals surface area contributed by atoms with Crippen LogP contribution >= 0.6 is 11.8 Å². The number of aromatic nitrogens is 1. The number of rotatable bonds is 4. The summed E-state index contributed by atoms with van der Waals surface area (Å²) in [5, 5.41) is 12.9. The molecule has 2 heterocycles. The molecule has 6 heteroatoms. The number of thioether (sulfide) groups is 1. The van der Waals surface area contributed by atoms with E-state index in [1.807, 2.05) is 24.3 Å². The molecular weight excluding hydrogens is 360 g/mol. The third-order valence-electron chi connectivity index (χ3n) is 4.63. The molecule has 0 saturated heterocycles. The van der Waals surface area contributed by atoms with E-state index in [0.717, 1.165) is 23.1 Å². The van der Waals surface area contributed by atoms with Gasteiger partial charge in [-0.05, 0) is 38.1 Å². The molecule has 27 heavy (non-hydrogen) atoms. The fraction of sp³-hybridized carbons (Fsp3) is 0.238. The number of para-hydroxylation sites is 1. The lowest BCUT2D eigenvalue weighted by atomic mass is 10.1. The van der Waals surface area contributed by atoms with Gasteiger partial charge in [-0.2, -0.15) is 0 Å². The number of carbonyl (C=O) groups excluding carboxylic acids is 1. The van der Waals surface area contributed by atoms with Crippen molar-refractivity contribution in [3.8, 4) is 0 Å².